The molecule has 2 rings (SSSR count). The fourth-order valence-electron chi connectivity index (χ4n) is 1.13. The number of anilines is 1. The number of hydrogen-bond acceptors (Lipinski definition) is 5. The molecule has 6 nitrogen and oxygen atoms in total. The molecule has 90 valence electrons. The van der Waals surface area contributed by atoms with Crippen molar-refractivity contribution in [2.45, 2.75) is 6.18 Å². The molecule has 0 bridgehead atoms. The van der Waals surface area contributed by atoms with Gasteiger partial charge in [0.2, 0.25) is 0 Å². The van der Waals surface area contributed by atoms with Crippen LogP contribution in [0, 0.1) is 0 Å². The second kappa shape index (κ2) is 4.01. The first-order valence-corrected chi connectivity index (χ1v) is 4.41. The molecule has 9 heteroatoms. The Morgan fingerprint density at radius 1 is 1.24 bits per heavy atom. The summed E-state index contributed by atoms with van der Waals surface area (Å²) in [5.41, 5.74) is 1.38. The van der Waals surface area contributed by atoms with Crippen LogP contribution in [0.15, 0.2) is 24.8 Å². The van der Waals surface area contributed by atoms with Crippen molar-refractivity contribution in [2.75, 3.05) is 5.43 Å². The molecule has 2 aromatic rings. The molecule has 2 heterocycles. The zero-order valence-corrected chi connectivity index (χ0v) is 8.31. The predicted octanol–water partition coefficient (Wildman–Crippen LogP) is 0.967. The third-order valence-corrected chi connectivity index (χ3v) is 1.91. The molecule has 0 aliphatic heterocycles. The van der Waals surface area contributed by atoms with Crippen LogP contribution < -0.4 is 11.3 Å². The van der Waals surface area contributed by atoms with Crippen molar-refractivity contribution in [2.24, 2.45) is 5.84 Å². The minimum Gasteiger partial charge on any atom is -0.307 e. The third-order valence-electron chi connectivity index (χ3n) is 1.91. The summed E-state index contributed by atoms with van der Waals surface area (Å²) < 4.78 is 38.0. The Morgan fingerprint density at radius 2 is 2.00 bits per heavy atom. The van der Waals surface area contributed by atoms with E-state index in [1.165, 1.54) is 12.4 Å². The first-order chi connectivity index (χ1) is 8.00. The van der Waals surface area contributed by atoms with Gasteiger partial charge in [-0.05, 0) is 0 Å². The van der Waals surface area contributed by atoms with Crippen LogP contribution in [0.2, 0.25) is 0 Å². The molecule has 0 fully saturated rings. The second-order valence-corrected chi connectivity index (χ2v) is 3.08. The summed E-state index contributed by atoms with van der Waals surface area (Å²) in [6, 6.07) is 0. The van der Waals surface area contributed by atoms with E-state index in [0.29, 0.717) is 6.20 Å². The molecule has 0 spiro atoms. The second-order valence-electron chi connectivity index (χ2n) is 3.08. The number of alkyl halides is 3. The van der Waals surface area contributed by atoms with E-state index >= 15 is 0 Å². The van der Waals surface area contributed by atoms with Crippen LogP contribution >= 0.6 is 0 Å². The smallest absolute Gasteiger partial charge is 0.307 e. The topological polar surface area (TPSA) is 81.6 Å². The van der Waals surface area contributed by atoms with Crippen molar-refractivity contribution in [3.63, 3.8) is 0 Å². The summed E-state index contributed by atoms with van der Waals surface area (Å²) in [7, 11) is 0. The van der Waals surface area contributed by atoms with Crippen LogP contribution in [0.4, 0.5) is 19.0 Å². The highest BCUT2D eigenvalue weighted by Crippen LogP contribution is 2.28. The fraction of sp³-hybridized carbons (Fsp3) is 0.125. The van der Waals surface area contributed by atoms with E-state index in [2.05, 4.69) is 20.5 Å². The lowest BCUT2D eigenvalue weighted by atomic mass is 10.4. The minimum absolute atomic E-state index is 0.135. The number of nitrogen functional groups attached to an aromatic ring is 1. The lowest BCUT2D eigenvalue weighted by Crippen LogP contribution is -2.10. The zero-order valence-electron chi connectivity index (χ0n) is 8.31. The lowest BCUT2D eigenvalue weighted by molar-refractivity contribution is -0.137. The van der Waals surface area contributed by atoms with E-state index in [4.69, 9.17) is 5.84 Å². The summed E-state index contributed by atoms with van der Waals surface area (Å²) >= 11 is 0. The number of nitrogens with one attached hydrogen (secondary N) is 1. The largest absolute Gasteiger partial charge is 0.419 e. The number of rotatable bonds is 2. The van der Waals surface area contributed by atoms with Gasteiger partial charge in [0.05, 0.1) is 24.2 Å². The van der Waals surface area contributed by atoms with Crippen molar-refractivity contribution < 1.29 is 13.2 Å². The first-order valence-electron chi connectivity index (χ1n) is 4.41. The van der Waals surface area contributed by atoms with E-state index in [-0.39, 0.29) is 11.6 Å². The Morgan fingerprint density at radius 3 is 2.59 bits per heavy atom. The highest BCUT2D eigenvalue weighted by molar-refractivity contribution is 5.34. The summed E-state index contributed by atoms with van der Waals surface area (Å²) in [6.45, 7) is 0. The lowest BCUT2D eigenvalue weighted by Gasteiger charge is -2.03. The molecule has 0 saturated heterocycles. The Kier molecular flexibility index (Phi) is 2.68. The molecule has 17 heavy (non-hydrogen) atoms. The van der Waals surface area contributed by atoms with Gasteiger partial charge in [-0.3, -0.25) is 4.98 Å². The van der Waals surface area contributed by atoms with E-state index < -0.39 is 11.7 Å². The van der Waals surface area contributed by atoms with Gasteiger partial charge in [-0.15, -0.1) is 0 Å². The van der Waals surface area contributed by atoms with Gasteiger partial charge in [-0.1, -0.05) is 0 Å². The normalized spacial score (nSPS) is 11.5. The molecule has 0 saturated carbocycles. The van der Waals surface area contributed by atoms with Crippen molar-refractivity contribution >= 4 is 5.82 Å². The monoisotopic (exact) mass is 244 g/mol. The number of halogens is 3. The molecule has 3 N–H and O–H groups in total. The van der Waals surface area contributed by atoms with Gasteiger partial charge in [-0.25, -0.2) is 15.5 Å². The summed E-state index contributed by atoms with van der Waals surface area (Å²) in [5.74, 6) is 5.47. The number of hydrazine groups is 1. The van der Waals surface area contributed by atoms with Crippen LogP contribution in [-0.2, 0) is 6.18 Å². The number of nitrogens with two attached hydrogens (primary N) is 1. The molecule has 2 aromatic heterocycles. The van der Waals surface area contributed by atoms with Gasteiger partial charge in [0.25, 0.3) is 0 Å². The Labute approximate surface area is 93.3 Å². The standard InChI is InChI=1S/C8H7F3N6/c9-8(10,11)5-1-14-17(4-5)7-3-13-2-6(15-7)16-12/h1-4H,12H2,(H,15,16). The summed E-state index contributed by atoms with van der Waals surface area (Å²) in [5, 5.41) is 3.55. The quantitative estimate of drug-likeness (QED) is 0.607. The molecular formula is C8H7F3N6. The van der Waals surface area contributed by atoms with Crippen LogP contribution in [-0.4, -0.2) is 19.7 Å². The predicted molar refractivity (Wildman–Crippen MR) is 52.0 cm³/mol. The van der Waals surface area contributed by atoms with Crippen molar-refractivity contribution in [3.8, 4) is 5.82 Å². The molecule has 0 amide bonds. The van der Waals surface area contributed by atoms with Gasteiger partial charge in [0.1, 0.15) is 0 Å². The van der Waals surface area contributed by atoms with Gasteiger partial charge >= 0.3 is 6.18 Å². The van der Waals surface area contributed by atoms with Gasteiger partial charge in [0.15, 0.2) is 11.6 Å². The number of hydrogen-bond donors (Lipinski definition) is 2. The van der Waals surface area contributed by atoms with Crippen LogP contribution in [0.1, 0.15) is 5.56 Å². The molecular weight excluding hydrogens is 237 g/mol. The van der Waals surface area contributed by atoms with Crippen LogP contribution in [0.5, 0.6) is 0 Å². The first kappa shape index (κ1) is 11.3. The van der Waals surface area contributed by atoms with Gasteiger partial charge in [0, 0.05) is 6.20 Å². The Balaban J connectivity index is 2.37. The molecule has 0 radical (unpaired) electrons. The highest BCUT2D eigenvalue weighted by Gasteiger charge is 2.32. The molecule has 0 aromatic carbocycles. The SMILES string of the molecule is NNc1cncc(-n2cc(C(F)(F)F)cn2)n1. The van der Waals surface area contributed by atoms with E-state index in [1.54, 1.807) is 0 Å². The summed E-state index contributed by atoms with van der Waals surface area (Å²) in [4.78, 5) is 7.65. The maximum atomic E-state index is 12.3. The minimum atomic E-state index is -4.44. The fourth-order valence-corrected chi connectivity index (χ4v) is 1.13. The van der Waals surface area contributed by atoms with E-state index in [9.17, 15) is 13.2 Å². The number of nitrogens with zero attached hydrogens (tertiary/aromatic N) is 4. The maximum absolute atomic E-state index is 12.3. The maximum Gasteiger partial charge on any atom is 0.419 e. The van der Waals surface area contributed by atoms with Crippen LogP contribution in [0.25, 0.3) is 5.82 Å². The average molecular weight is 244 g/mol. The Hall–Kier alpha value is -2.16. The number of aromatic nitrogens is 4. The Bertz CT molecular complexity index is 520. The highest BCUT2D eigenvalue weighted by atomic mass is 19.4. The van der Waals surface area contributed by atoms with Crippen molar-refractivity contribution in [1.29, 1.82) is 0 Å². The zero-order chi connectivity index (χ0) is 12.5. The molecule has 0 aliphatic rings. The summed E-state index contributed by atoms with van der Waals surface area (Å²) in [6.07, 6.45) is -0.296. The van der Waals surface area contributed by atoms with Crippen molar-refractivity contribution in [3.05, 3.63) is 30.4 Å². The molecule has 0 unspecified atom stereocenters. The third kappa shape index (κ3) is 2.33. The van der Waals surface area contributed by atoms with Gasteiger partial charge < -0.3 is 5.43 Å². The van der Waals surface area contributed by atoms with Crippen LogP contribution in [0.3, 0.4) is 0 Å². The van der Waals surface area contributed by atoms with E-state index in [1.807, 2.05) is 0 Å². The van der Waals surface area contributed by atoms with Crippen molar-refractivity contribution in [1.82, 2.24) is 19.7 Å². The van der Waals surface area contributed by atoms with E-state index in [0.717, 1.165) is 10.9 Å². The average Bonchev–Trinajstić information content (AvgIpc) is 2.78. The van der Waals surface area contributed by atoms with Gasteiger partial charge in [-0.2, -0.15) is 18.3 Å². The molecule has 0 atom stereocenters. The molecule has 0 aliphatic carbocycles.